The first-order valence-corrected chi connectivity index (χ1v) is 10.3. The molecule has 7 nitrogen and oxygen atoms in total. The highest BCUT2D eigenvalue weighted by molar-refractivity contribution is 7.13. The number of fused-ring (bicyclic) bond motifs is 1. The molecule has 0 spiro atoms. The van der Waals surface area contributed by atoms with Crippen LogP contribution in [0.3, 0.4) is 0 Å². The highest BCUT2D eigenvalue weighted by atomic mass is 32.1. The van der Waals surface area contributed by atoms with Crippen LogP contribution in [0.5, 0.6) is 0 Å². The maximum Gasteiger partial charge on any atom is 0.410 e. The maximum atomic E-state index is 12.3. The zero-order chi connectivity index (χ0) is 19.9. The summed E-state index contributed by atoms with van der Waals surface area (Å²) in [7, 11) is 0. The van der Waals surface area contributed by atoms with Crippen molar-refractivity contribution in [2.45, 2.75) is 45.1 Å². The monoisotopic (exact) mass is 400 g/mol. The molecule has 1 fully saturated rings. The Kier molecular flexibility index (Phi) is 4.74. The topological polar surface area (TPSA) is 79.7 Å². The molecule has 0 radical (unpaired) electrons. The molecule has 0 bridgehead atoms. The Balaban J connectivity index is 1.58. The van der Waals surface area contributed by atoms with Crippen molar-refractivity contribution in [3.63, 3.8) is 0 Å². The van der Waals surface area contributed by atoms with Crippen molar-refractivity contribution in [3.8, 4) is 10.4 Å². The highest BCUT2D eigenvalue weighted by Crippen LogP contribution is 2.31. The molecule has 1 aliphatic rings. The van der Waals surface area contributed by atoms with E-state index in [4.69, 9.17) is 4.74 Å². The van der Waals surface area contributed by atoms with Gasteiger partial charge in [-0.1, -0.05) is 6.07 Å². The molecule has 3 aromatic heterocycles. The lowest BCUT2D eigenvalue weighted by Crippen LogP contribution is -2.41. The molecule has 1 aliphatic heterocycles. The van der Waals surface area contributed by atoms with Crippen LogP contribution in [-0.4, -0.2) is 44.3 Å². The Hall–Kier alpha value is -2.61. The number of ether oxygens (including phenoxy) is 1. The first kappa shape index (κ1) is 18.7. The Morgan fingerprint density at radius 2 is 2.07 bits per heavy atom. The summed E-state index contributed by atoms with van der Waals surface area (Å²) in [6.07, 6.45) is 3.06. The second-order valence-electron chi connectivity index (χ2n) is 8.10. The van der Waals surface area contributed by atoms with Gasteiger partial charge in [0, 0.05) is 30.0 Å². The summed E-state index contributed by atoms with van der Waals surface area (Å²) in [5, 5.41) is 6.55. The summed E-state index contributed by atoms with van der Waals surface area (Å²) < 4.78 is 7.31. The van der Waals surface area contributed by atoms with E-state index in [1.807, 2.05) is 42.8 Å². The van der Waals surface area contributed by atoms with E-state index >= 15 is 0 Å². The van der Waals surface area contributed by atoms with Gasteiger partial charge in [0.2, 0.25) is 0 Å². The Bertz CT molecular complexity index is 1040. The Labute approximate surface area is 166 Å². The van der Waals surface area contributed by atoms with Crippen molar-refractivity contribution >= 4 is 23.1 Å². The van der Waals surface area contributed by atoms with Gasteiger partial charge in [-0.05, 0) is 45.1 Å². The standard InChI is InChI=1S/C20H24N4O3S/c1-20(2,3)27-19(26)23-8-6-13(7-9-23)15-11-17(25)22-18-14(12-21-24(15)18)16-5-4-10-28-16/h4-5,10-13H,6-9H2,1-3H3,(H,22,25). The fourth-order valence-electron chi connectivity index (χ4n) is 3.60. The van der Waals surface area contributed by atoms with E-state index < -0.39 is 5.60 Å². The van der Waals surface area contributed by atoms with E-state index in [1.165, 1.54) is 0 Å². The number of aromatic nitrogens is 3. The lowest BCUT2D eigenvalue weighted by atomic mass is 9.93. The molecule has 0 atom stereocenters. The number of piperidine rings is 1. The van der Waals surface area contributed by atoms with E-state index in [0.29, 0.717) is 13.1 Å². The zero-order valence-electron chi connectivity index (χ0n) is 16.3. The molecule has 0 saturated carbocycles. The van der Waals surface area contributed by atoms with Crippen LogP contribution in [0.1, 0.15) is 45.2 Å². The van der Waals surface area contributed by atoms with Crippen molar-refractivity contribution in [2.75, 3.05) is 13.1 Å². The van der Waals surface area contributed by atoms with Crippen LogP contribution in [0.4, 0.5) is 4.79 Å². The average molecular weight is 401 g/mol. The summed E-state index contributed by atoms with van der Waals surface area (Å²) in [4.78, 5) is 30.3. The van der Waals surface area contributed by atoms with Gasteiger partial charge < -0.3 is 14.6 Å². The summed E-state index contributed by atoms with van der Waals surface area (Å²) >= 11 is 1.62. The molecular formula is C20H24N4O3S. The summed E-state index contributed by atoms with van der Waals surface area (Å²) in [6.45, 7) is 6.81. The normalized spacial score (nSPS) is 15.9. The number of aromatic amines is 1. The molecule has 0 aromatic carbocycles. The van der Waals surface area contributed by atoms with Gasteiger partial charge in [0.15, 0.2) is 0 Å². The average Bonchev–Trinajstić information content (AvgIpc) is 3.29. The van der Waals surface area contributed by atoms with Crippen molar-refractivity contribution in [2.24, 2.45) is 0 Å². The predicted octanol–water partition coefficient (Wildman–Crippen LogP) is 3.87. The van der Waals surface area contributed by atoms with Crippen molar-refractivity contribution < 1.29 is 9.53 Å². The number of carbonyl (C=O) groups is 1. The van der Waals surface area contributed by atoms with Crippen LogP contribution in [0, 0.1) is 0 Å². The largest absolute Gasteiger partial charge is 0.444 e. The number of amides is 1. The van der Waals surface area contributed by atoms with Crippen molar-refractivity contribution in [1.29, 1.82) is 0 Å². The van der Waals surface area contributed by atoms with Gasteiger partial charge in [-0.3, -0.25) is 4.79 Å². The fourth-order valence-corrected chi connectivity index (χ4v) is 4.34. The number of hydrogen-bond acceptors (Lipinski definition) is 5. The highest BCUT2D eigenvalue weighted by Gasteiger charge is 2.29. The molecule has 4 rings (SSSR count). The third-order valence-corrected chi connectivity index (χ3v) is 5.79. The lowest BCUT2D eigenvalue weighted by Gasteiger charge is -2.33. The zero-order valence-corrected chi connectivity index (χ0v) is 17.1. The third kappa shape index (κ3) is 3.69. The molecule has 1 amide bonds. The van der Waals surface area contributed by atoms with E-state index in [9.17, 15) is 9.59 Å². The molecule has 1 saturated heterocycles. The molecule has 8 heteroatoms. The smallest absolute Gasteiger partial charge is 0.410 e. The molecule has 1 N–H and O–H groups in total. The van der Waals surface area contributed by atoms with Gasteiger partial charge in [0.05, 0.1) is 17.5 Å². The number of rotatable bonds is 2. The number of thiophene rings is 1. The van der Waals surface area contributed by atoms with E-state index in [1.54, 1.807) is 28.5 Å². The van der Waals surface area contributed by atoms with Gasteiger partial charge >= 0.3 is 6.09 Å². The summed E-state index contributed by atoms with van der Waals surface area (Å²) in [6, 6.07) is 5.63. The van der Waals surface area contributed by atoms with Crippen LogP contribution in [0.25, 0.3) is 16.1 Å². The van der Waals surface area contributed by atoms with Gasteiger partial charge in [0.25, 0.3) is 5.56 Å². The Morgan fingerprint density at radius 3 is 2.71 bits per heavy atom. The SMILES string of the molecule is CC(C)(C)OC(=O)N1CCC(c2cc(=O)[nH]c3c(-c4cccs4)cnn23)CC1. The van der Waals surface area contributed by atoms with Gasteiger partial charge in [0.1, 0.15) is 11.2 Å². The predicted molar refractivity (Wildman–Crippen MR) is 109 cm³/mol. The van der Waals surface area contributed by atoms with Crippen LogP contribution in [-0.2, 0) is 4.74 Å². The van der Waals surface area contributed by atoms with Crippen molar-refractivity contribution in [1.82, 2.24) is 19.5 Å². The Morgan fingerprint density at radius 1 is 1.32 bits per heavy atom. The second kappa shape index (κ2) is 7.09. The third-order valence-electron chi connectivity index (χ3n) is 4.89. The number of nitrogens with one attached hydrogen (secondary N) is 1. The number of hydrogen-bond donors (Lipinski definition) is 1. The van der Waals surface area contributed by atoms with Crippen LogP contribution in [0.2, 0.25) is 0 Å². The van der Waals surface area contributed by atoms with Gasteiger partial charge in [-0.15, -0.1) is 11.3 Å². The van der Waals surface area contributed by atoms with E-state index in [-0.39, 0.29) is 17.6 Å². The van der Waals surface area contributed by atoms with Gasteiger partial charge in [-0.2, -0.15) is 5.10 Å². The second-order valence-corrected chi connectivity index (χ2v) is 9.04. The fraction of sp³-hybridized carbons (Fsp3) is 0.450. The molecule has 148 valence electrons. The molecule has 4 heterocycles. The summed E-state index contributed by atoms with van der Waals surface area (Å²) in [5.74, 6) is 0.166. The minimum absolute atomic E-state index is 0.129. The number of H-pyrrole nitrogens is 1. The van der Waals surface area contributed by atoms with Gasteiger partial charge in [-0.25, -0.2) is 9.31 Å². The quantitative estimate of drug-likeness (QED) is 0.708. The first-order chi connectivity index (χ1) is 13.3. The van der Waals surface area contributed by atoms with E-state index in [0.717, 1.165) is 34.6 Å². The molecule has 28 heavy (non-hydrogen) atoms. The molecule has 0 aliphatic carbocycles. The maximum absolute atomic E-state index is 12.3. The minimum Gasteiger partial charge on any atom is -0.444 e. The molecular weight excluding hydrogens is 376 g/mol. The molecule has 0 unspecified atom stereocenters. The number of nitrogens with zero attached hydrogens (tertiary/aromatic N) is 3. The lowest BCUT2D eigenvalue weighted by molar-refractivity contribution is 0.0203. The minimum atomic E-state index is -0.500. The van der Waals surface area contributed by atoms with E-state index in [2.05, 4.69) is 10.1 Å². The van der Waals surface area contributed by atoms with Crippen LogP contribution in [0.15, 0.2) is 34.6 Å². The number of likely N-dealkylation sites (tertiary alicyclic amines) is 1. The first-order valence-electron chi connectivity index (χ1n) is 9.44. The van der Waals surface area contributed by atoms with Crippen LogP contribution >= 0.6 is 11.3 Å². The van der Waals surface area contributed by atoms with Crippen molar-refractivity contribution in [3.05, 3.63) is 45.8 Å². The molecule has 3 aromatic rings. The summed E-state index contributed by atoms with van der Waals surface area (Å²) in [5.41, 5.74) is 1.92. The number of carbonyl (C=O) groups excluding carboxylic acids is 1. The van der Waals surface area contributed by atoms with Crippen LogP contribution < -0.4 is 5.56 Å².